The lowest BCUT2D eigenvalue weighted by Crippen LogP contribution is -2.26. The van der Waals surface area contributed by atoms with Crippen molar-refractivity contribution in [3.8, 4) is 0 Å². The SMILES string of the molecule is CNCCCC(=O)NCCC1CCCCC1. The Morgan fingerprint density at radius 3 is 2.62 bits per heavy atom. The first-order chi connectivity index (χ1) is 7.83. The maximum atomic E-state index is 11.4. The number of carbonyl (C=O) groups is 1. The maximum absolute atomic E-state index is 11.4. The molecule has 0 radical (unpaired) electrons. The summed E-state index contributed by atoms with van der Waals surface area (Å²) in [6.07, 6.45) is 9.70. The van der Waals surface area contributed by atoms with E-state index in [0.717, 1.165) is 25.4 Å². The fourth-order valence-electron chi connectivity index (χ4n) is 2.41. The molecule has 1 aliphatic carbocycles. The normalized spacial score (nSPS) is 17.3. The molecular formula is C13H26N2O. The van der Waals surface area contributed by atoms with Crippen LogP contribution in [0.5, 0.6) is 0 Å². The van der Waals surface area contributed by atoms with Gasteiger partial charge in [-0.3, -0.25) is 4.79 Å². The average molecular weight is 226 g/mol. The van der Waals surface area contributed by atoms with Gasteiger partial charge in [-0.15, -0.1) is 0 Å². The summed E-state index contributed by atoms with van der Waals surface area (Å²) in [5.41, 5.74) is 0. The molecule has 0 saturated heterocycles. The minimum atomic E-state index is 0.214. The Kier molecular flexibility index (Phi) is 7.23. The summed E-state index contributed by atoms with van der Waals surface area (Å²) >= 11 is 0. The quantitative estimate of drug-likeness (QED) is 0.653. The third kappa shape index (κ3) is 6.11. The van der Waals surface area contributed by atoms with Crippen LogP contribution in [0, 0.1) is 5.92 Å². The highest BCUT2D eigenvalue weighted by Crippen LogP contribution is 2.25. The molecule has 1 fully saturated rings. The molecule has 0 aromatic heterocycles. The molecule has 0 atom stereocenters. The molecule has 0 bridgehead atoms. The molecule has 0 heterocycles. The smallest absolute Gasteiger partial charge is 0.220 e. The van der Waals surface area contributed by atoms with Crippen LogP contribution < -0.4 is 10.6 Å². The highest BCUT2D eigenvalue weighted by atomic mass is 16.1. The molecule has 0 spiro atoms. The summed E-state index contributed by atoms with van der Waals surface area (Å²) in [6.45, 7) is 1.80. The van der Waals surface area contributed by atoms with Gasteiger partial charge in [-0.25, -0.2) is 0 Å². The lowest BCUT2D eigenvalue weighted by molar-refractivity contribution is -0.121. The van der Waals surface area contributed by atoms with Crippen LogP contribution in [0.25, 0.3) is 0 Å². The van der Waals surface area contributed by atoms with Crippen LogP contribution in [0.4, 0.5) is 0 Å². The predicted molar refractivity (Wildman–Crippen MR) is 67.4 cm³/mol. The Balaban J connectivity index is 1.94. The van der Waals surface area contributed by atoms with Crippen molar-refractivity contribution in [3.05, 3.63) is 0 Å². The number of hydrogen-bond donors (Lipinski definition) is 2. The van der Waals surface area contributed by atoms with Crippen molar-refractivity contribution in [2.75, 3.05) is 20.1 Å². The lowest BCUT2D eigenvalue weighted by atomic mass is 9.87. The van der Waals surface area contributed by atoms with E-state index in [1.54, 1.807) is 0 Å². The minimum Gasteiger partial charge on any atom is -0.356 e. The van der Waals surface area contributed by atoms with Crippen molar-refractivity contribution in [3.63, 3.8) is 0 Å². The lowest BCUT2D eigenvalue weighted by Gasteiger charge is -2.21. The van der Waals surface area contributed by atoms with Gasteiger partial charge in [0.05, 0.1) is 0 Å². The summed E-state index contributed by atoms with van der Waals surface area (Å²) in [5, 5.41) is 6.07. The summed E-state index contributed by atoms with van der Waals surface area (Å²) < 4.78 is 0. The molecule has 16 heavy (non-hydrogen) atoms. The third-order valence-electron chi connectivity index (χ3n) is 3.43. The molecule has 1 rings (SSSR count). The van der Waals surface area contributed by atoms with Gasteiger partial charge in [0, 0.05) is 13.0 Å². The molecule has 2 N–H and O–H groups in total. The van der Waals surface area contributed by atoms with E-state index < -0.39 is 0 Å². The van der Waals surface area contributed by atoms with E-state index in [1.165, 1.54) is 38.5 Å². The zero-order valence-electron chi connectivity index (χ0n) is 10.6. The molecule has 1 aliphatic rings. The summed E-state index contributed by atoms with van der Waals surface area (Å²) in [5.74, 6) is 1.08. The Morgan fingerprint density at radius 2 is 1.94 bits per heavy atom. The second kappa shape index (κ2) is 8.57. The van der Waals surface area contributed by atoms with Crippen molar-refractivity contribution in [2.24, 2.45) is 5.92 Å². The van der Waals surface area contributed by atoms with E-state index in [9.17, 15) is 4.79 Å². The summed E-state index contributed by atoms with van der Waals surface area (Å²) in [4.78, 5) is 11.4. The first kappa shape index (κ1) is 13.5. The van der Waals surface area contributed by atoms with Crippen LogP contribution in [0.2, 0.25) is 0 Å². The average Bonchev–Trinajstić information content (AvgIpc) is 2.31. The predicted octanol–water partition coefficient (Wildman–Crippen LogP) is 2.07. The van der Waals surface area contributed by atoms with E-state index >= 15 is 0 Å². The molecular weight excluding hydrogens is 200 g/mol. The molecule has 1 amide bonds. The maximum Gasteiger partial charge on any atom is 0.220 e. The zero-order chi connectivity index (χ0) is 11.6. The largest absolute Gasteiger partial charge is 0.356 e. The molecule has 0 aliphatic heterocycles. The van der Waals surface area contributed by atoms with Crippen LogP contribution in [0.15, 0.2) is 0 Å². The van der Waals surface area contributed by atoms with Crippen LogP contribution >= 0.6 is 0 Å². The van der Waals surface area contributed by atoms with Crippen LogP contribution in [0.1, 0.15) is 51.4 Å². The van der Waals surface area contributed by atoms with Crippen molar-refractivity contribution >= 4 is 5.91 Å². The van der Waals surface area contributed by atoms with Gasteiger partial charge < -0.3 is 10.6 Å². The Hall–Kier alpha value is -0.570. The van der Waals surface area contributed by atoms with Gasteiger partial charge in [-0.05, 0) is 32.4 Å². The molecule has 3 heteroatoms. The van der Waals surface area contributed by atoms with E-state index in [4.69, 9.17) is 0 Å². The standard InChI is InChI=1S/C13H26N2O/c1-14-10-5-8-13(16)15-11-9-12-6-3-2-4-7-12/h12,14H,2-11H2,1H3,(H,15,16). The van der Waals surface area contributed by atoms with Gasteiger partial charge >= 0.3 is 0 Å². The van der Waals surface area contributed by atoms with Crippen LogP contribution in [0.3, 0.4) is 0 Å². The van der Waals surface area contributed by atoms with E-state index in [-0.39, 0.29) is 5.91 Å². The second-order valence-electron chi connectivity index (χ2n) is 4.85. The molecule has 94 valence electrons. The fourth-order valence-corrected chi connectivity index (χ4v) is 2.41. The second-order valence-corrected chi connectivity index (χ2v) is 4.85. The number of carbonyl (C=O) groups excluding carboxylic acids is 1. The van der Waals surface area contributed by atoms with Crippen molar-refractivity contribution in [1.29, 1.82) is 0 Å². The van der Waals surface area contributed by atoms with Crippen molar-refractivity contribution in [1.82, 2.24) is 10.6 Å². The first-order valence-corrected chi connectivity index (χ1v) is 6.74. The Bertz CT molecular complexity index is 188. The van der Waals surface area contributed by atoms with E-state index in [2.05, 4.69) is 10.6 Å². The monoisotopic (exact) mass is 226 g/mol. The van der Waals surface area contributed by atoms with Gasteiger partial charge in [0.2, 0.25) is 5.91 Å². The third-order valence-corrected chi connectivity index (χ3v) is 3.43. The van der Waals surface area contributed by atoms with Gasteiger partial charge in [-0.2, -0.15) is 0 Å². The van der Waals surface area contributed by atoms with E-state index in [0.29, 0.717) is 6.42 Å². The minimum absolute atomic E-state index is 0.214. The van der Waals surface area contributed by atoms with Gasteiger partial charge in [0.1, 0.15) is 0 Å². The number of amides is 1. The fraction of sp³-hybridized carbons (Fsp3) is 0.923. The van der Waals surface area contributed by atoms with Gasteiger partial charge in [0.25, 0.3) is 0 Å². The first-order valence-electron chi connectivity index (χ1n) is 6.74. The molecule has 0 aromatic rings. The number of hydrogen-bond acceptors (Lipinski definition) is 2. The van der Waals surface area contributed by atoms with Crippen LogP contribution in [-0.4, -0.2) is 26.0 Å². The highest BCUT2D eigenvalue weighted by Gasteiger charge is 2.12. The van der Waals surface area contributed by atoms with E-state index in [1.807, 2.05) is 7.05 Å². The molecule has 0 unspecified atom stereocenters. The summed E-state index contributed by atoms with van der Waals surface area (Å²) in [6, 6.07) is 0. The molecule has 1 saturated carbocycles. The molecule has 3 nitrogen and oxygen atoms in total. The zero-order valence-corrected chi connectivity index (χ0v) is 10.6. The van der Waals surface area contributed by atoms with Gasteiger partial charge in [0.15, 0.2) is 0 Å². The van der Waals surface area contributed by atoms with Gasteiger partial charge in [-0.1, -0.05) is 32.1 Å². The summed E-state index contributed by atoms with van der Waals surface area (Å²) in [7, 11) is 1.92. The number of rotatable bonds is 7. The van der Waals surface area contributed by atoms with Crippen molar-refractivity contribution < 1.29 is 4.79 Å². The Morgan fingerprint density at radius 1 is 1.19 bits per heavy atom. The van der Waals surface area contributed by atoms with Crippen LogP contribution in [-0.2, 0) is 4.79 Å². The number of nitrogens with one attached hydrogen (secondary N) is 2. The van der Waals surface area contributed by atoms with Crippen molar-refractivity contribution in [2.45, 2.75) is 51.4 Å². The highest BCUT2D eigenvalue weighted by molar-refractivity contribution is 5.75. The Labute approximate surface area is 99.4 Å². The topological polar surface area (TPSA) is 41.1 Å². The molecule has 0 aromatic carbocycles.